The molecule has 1 fully saturated rings. The first-order valence-corrected chi connectivity index (χ1v) is 13.2. The third kappa shape index (κ3) is 7.28. The van der Waals surface area contributed by atoms with E-state index in [4.69, 9.17) is 4.74 Å². The van der Waals surface area contributed by atoms with Gasteiger partial charge in [-0.05, 0) is 62.0 Å². The van der Waals surface area contributed by atoms with Gasteiger partial charge in [-0.25, -0.2) is 8.42 Å². The standard InChI is InChI=1S/C25H35N3O4S/c1-3-4-5-6-7-20-32-23-12-8-21(9-13-23)25(29)26-22-10-14-24(15-11-22)33(30,31)28-18-16-27(2)17-19-28/h8-15H,3-7,16-20H2,1-2H3,(H,26,29). The van der Waals surface area contributed by atoms with E-state index in [1.807, 2.05) is 7.05 Å². The van der Waals surface area contributed by atoms with Crippen molar-refractivity contribution in [2.24, 2.45) is 0 Å². The fourth-order valence-electron chi connectivity index (χ4n) is 3.69. The molecule has 0 bridgehead atoms. The normalized spacial score (nSPS) is 15.3. The second kappa shape index (κ2) is 12.2. The van der Waals surface area contributed by atoms with Crippen LogP contribution in [0.15, 0.2) is 53.4 Å². The molecule has 0 unspecified atom stereocenters. The smallest absolute Gasteiger partial charge is 0.255 e. The van der Waals surface area contributed by atoms with Crippen molar-refractivity contribution >= 4 is 21.6 Å². The molecule has 1 saturated heterocycles. The summed E-state index contributed by atoms with van der Waals surface area (Å²) in [5, 5.41) is 2.82. The van der Waals surface area contributed by atoms with Gasteiger partial charge in [0.25, 0.3) is 5.91 Å². The summed E-state index contributed by atoms with van der Waals surface area (Å²) in [5.74, 6) is 0.497. The van der Waals surface area contributed by atoms with Gasteiger partial charge in [-0.2, -0.15) is 4.31 Å². The van der Waals surface area contributed by atoms with Gasteiger partial charge in [0.2, 0.25) is 10.0 Å². The number of anilines is 1. The fourth-order valence-corrected chi connectivity index (χ4v) is 5.11. The Morgan fingerprint density at radius 3 is 2.18 bits per heavy atom. The summed E-state index contributed by atoms with van der Waals surface area (Å²) in [6.45, 7) is 5.28. The third-order valence-electron chi connectivity index (χ3n) is 5.85. The van der Waals surface area contributed by atoms with Crippen molar-refractivity contribution in [3.8, 4) is 5.75 Å². The van der Waals surface area contributed by atoms with Gasteiger partial charge >= 0.3 is 0 Å². The van der Waals surface area contributed by atoms with Crippen LogP contribution in [0.3, 0.4) is 0 Å². The van der Waals surface area contributed by atoms with E-state index in [1.165, 1.54) is 30.0 Å². The van der Waals surface area contributed by atoms with Crippen LogP contribution in [0.25, 0.3) is 0 Å². The Balaban J connectivity index is 1.51. The van der Waals surface area contributed by atoms with E-state index in [0.29, 0.717) is 30.9 Å². The predicted octanol–water partition coefficient (Wildman–Crippen LogP) is 4.22. The monoisotopic (exact) mass is 473 g/mol. The fraction of sp³-hybridized carbons (Fsp3) is 0.480. The first-order valence-electron chi connectivity index (χ1n) is 11.7. The van der Waals surface area contributed by atoms with Gasteiger partial charge in [0.15, 0.2) is 0 Å². The molecule has 0 atom stereocenters. The molecule has 2 aromatic carbocycles. The summed E-state index contributed by atoms with van der Waals surface area (Å²) in [6.07, 6.45) is 5.93. The van der Waals surface area contributed by atoms with Gasteiger partial charge in [-0.1, -0.05) is 32.6 Å². The average Bonchev–Trinajstić information content (AvgIpc) is 2.82. The Labute approximate surface area is 197 Å². The van der Waals surface area contributed by atoms with E-state index >= 15 is 0 Å². The SMILES string of the molecule is CCCCCCCOc1ccc(C(=O)Nc2ccc(S(=O)(=O)N3CCN(C)CC3)cc2)cc1. The molecule has 3 rings (SSSR count). The molecule has 0 radical (unpaired) electrons. The zero-order valence-corrected chi connectivity index (χ0v) is 20.4. The third-order valence-corrected chi connectivity index (χ3v) is 7.76. The van der Waals surface area contributed by atoms with Crippen molar-refractivity contribution in [2.75, 3.05) is 45.2 Å². The number of likely N-dealkylation sites (N-methyl/N-ethyl adjacent to an activating group) is 1. The first-order chi connectivity index (χ1) is 15.9. The van der Waals surface area contributed by atoms with Crippen LogP contribution < -0.4 is 10.1 Å². The van der Waals surface area contributed by atoms with Crippen LogP contribution in [0.1, 0.15) is 49.4 Å². The number of carbonyl (C=O) groups is 1. The molecule has 8 heteroatoms. The second-order valence-electron chi connectivity index (χ2n) is 8.47. The van der Waals surface area contributed by atoms with Gasteiger partial charge in [0, 0.05) is 37.4 Å². The predicted molar refractivity (Wildman–Crippen MR) is 131 cm³/mol. The maximum atomic E-state index is 12.8. The van der Waals surface area contributed by atoms with Crippen LogP contribution in [0.2, 0.25) is 0 Å². The van der Waals surface area contributed by atoms with Crippen molar-refractivity contribution in [1.29, 1.82) is 0 Å². The number of nitrogens with one attached hydrogen (secondary N) is 1. The molecule has 1 aliphatic heterocycles. The van der Waals surface area contributed by atoms with E-state index in [-0.39, 0.29) is 10.8 Å². The highest BCUT2D eigenvalue weighted by molar-refractivity contribution is 7.89. The number of ether oxygens (including phenoxy) is 1. The molecule has 7 nitrogen and oxygen atoms in total. The van der Waals surface area contributed by atoms with Crippen molar-refractivity contribution in [2.45, 2.75) is 43.9 Å². The topological polar surface area (TPSA) is 78.9 Å². The Hall–Kier alpha value is -2.42. The average molecular weight is 474 g/mol. The number of amides is 1. The van der Waals surface area contributed by atoms with E-state index in [2.05, 4.69) is 17.1 Å². The maximum Gasteiger partial charge on any atom is 0.255 e. The van der Waals surface area contributed by atoms with E-state index in [9.17, 15) is 13.2 Å². The first kappa shape index (κ1) is 25.2. The zero-order chi connectivity index (χ0) is 23.7. The highest BCUT2D eigenvalue weighted by Crippen LogP contribution is 2.20. The Morgan fingerprint density at radius 2 is 1.55 bits per heavy atom. The lowest BCUT2D eigenvalue weighted by Crippen LogP contribution is -2.46. The summed E-state index contributed by atoms with van der Waals surface area (Å²) >= 11 is 0. The van der Waals surface area contributed by atoms with Crippen LogP contribution in [-0.2, 0) is 10.0 Å². The summed E-state index contributed by atoms with van der Waals surface area (Å²) in [6, 6.07) is 13.4. The maximum absolute atomic E-state index is 12.8. The number of sulfonamides is 1. The summed E-state index contributed by atoms with van der Waals surface area (Å²) < 4.78 is 32.9. The molecule has 33 heavy (non-hydrogen) atoms. The molecule has 2 aromatic rings. The lowest BCUT2D eigenvalue weighted by atomic mass is 10.1. The minimum absolute atomic E-state index is 0.237. The molecule has 0 spiro atoms. The molecule has 180 valence electrons. The molecule has 1 aliphatic rings. The zero-order valence-electron chi connectivity index (χ0n) is 19.6. The molecular formula is C25H35N3O4S. The van der Waals surface area contributed by atoms with E-state index in [1.54, 1.807) is 48.5 Å². The molecule has 0 saturated carbocycles. The molecule has 1 heterocycles. The van der Waals surface area contributed by atoms with Crippen molar-refractivity contribution < 1.29 is 17.9 Å². The van der Waals surface area contributed by atoms with Crippen LogP contribution >= 0.6 is 0 Å². The summed E-state index contributed by atoms with van der Waals surface area (Å²) in [5.41, 5.74) is 1.06. The molecule has 1 amide bonds. The number of unbranched alkanes of at least 4 members (excludes halogenated alkanes) is 4. The van der Waals surface area contributed by atoms with Gasteiger partial charge in [-0.3, -0.25) is 4.79 Å². The van der Waals surface area contributed by atoms with Crippen molar-refractivity contribution in [3.63, 3.8) is 0 Å². The van der Waals surface area contributed by atoms with Crippen molar-refractivity contribution in [1.82, 2.24) is 9.21 Å². The van der Waals surface area contributed by atoms with Gasteiger partial charge in [0.05, 0.1) is 11.5 Å². The van der Waals surface area contributed by atoms with Gasteiger partial charge in [0.1, 0.15) is 5.75 Å². The molecular weight excluding hydrogens is 438 g/mol. The Kier molecular flexibility index (Phi) is 9.29. The van der Waals surface area contributed by atoms with E-state index in [0.717, 1.165) is 25.3 Å². The van der Waals surface area contributed by atoms with E-state index < -0.39 is 10.0 Å². The number of hydrogen-bond acceptors (Lipinski definition) is 5. The van der Waals surface area contributed by atoms with Crippen LogP contribution in [0, 0.1) is 0 Å². The number of nitrogens with zero attached hydrogens (tertiary/aromatic N) is 2. The molecule has 0 aliphatic carbocycles. The van der Waals surface area contributed by atoms with Crippen molar-refractivity contribution in [3.05, 3.63) is 54.1 Å². The van der Waals surface area contributed by atoms with Crippen LogP contribution in [0.5, 0.6) is 5.75 Å². The van der Waals surface area contributed by atoms with Crippen LogP contribution in [0.4, 0.5) is 5.69 Å². The largest absolute Gasteiger partial charge is 0.494 e. The number of hydrogen-bond donors (Lipinski definition) is 1. The molecule has 1 N–H and O–H groups in total. The Morgan fingerprint density at radius 1 is 0.909 bits per heavy atom. The second-order valence-corrected chi connectivity index (χ2v) is 10.4. The van der Waals surface area contributed by atoms with Gasteiger partial charge < -0.3 is 15.0 Å². The lowest BCUT2D eigenvalue weighted by Gasteiger charge is -2.31. The highest BCUT2D eigenvalue weighted by Gasteiger charge is 2.27. The number of piperazine rings is 1. The number of benzene rings is 2. The van der Waals surface area contributed by atoms with Crippen LogP contribution in [-0.4, -0.2) is 63.4 Å². The lowest BCUT2D eigenvalue weighted by molar-refractivity contribution is 0.102. The minimum atomic E-state index is -3.52. The number of carbonyl (C=O) groups excluding carboxylic acids is 1. The molecule has 0 aromatic heterocycles. The number of rotatable bonds is 11. The summed E-state index contributed by atoms with van der Waals surface area (Å²) in [7, 11) is -1.54. The minimum Gasteiger partial charge on any atom is -0.494 e. The quantitative estimate of drug-likeness (QED) is 0.494. The highest BCUT2D eigenvalue weighted by atomic mass is 32.2. The Bertz CT molecular complexity index is 983. The summed E-state index contributed by atoms with van der Waals surface area (Å²) in [4.78, 5) is 14.9. The van der Waals surface area contributed by atoms with Gasteiger partial charge in [-0.15, -0.1) is 0 Å².